The molecule has 2 N–H and O–H groups in total. The maximum atomic E-state index is 13.1. The Bertz CT molecular complexity index is 629. The van der Waals surface area contributed by atoms with Gasteiger partial charge >= 0.3 is 0 Å². The predicted molar refractivity (Wildman–Crippen MR) is 78.0 cm³/mol. The number of anilines is 1. The van der Waals surface area contributed by atoms with Gasteiger partial charge in [-0.05, 0) is 35.9 Å². The Morgan fingerprint density at radius 3 is 2.52 bits per heavy atom. The van der Waals surface area contributed by atoms with Crippen LogP contribution in [0.15, 0.2) is 42.5 Å². The van der Waals surface area contributed by atoms with Gasteiger partial charge in [-0.15, -0.1) is 0 Å². The number of aliphatic hydroxyl groups is 1. The first-order valence-corrected chi connectivity index (χ1v) is 6.46. The average Bonchev–Trinajstić information content (AvgIpc) is 2.44. The van der Waals surface area contributed by atoms with Crippen LogP contribution in [0, 0.1) is 15.9 Å². The highest BCUT2D eigenvalue weighted by molar-refractivity contribution is 6.30. The summed E-state index contributed by atoms with van der Waals surface area (Å²) in [7, 11) is 0. The number of nitrogens with one attached hydrogen (secondary N) is 1. The van der Waals surface area contributed by atoms with E-state index in [0.717, 1.165) is 0 Å². The fourth-order valence-electron chi connectivity index (χ4n) is 1.81. The molecule has 0 saturated carbocycles. The highest BCUT2D eigenvalue weighted by Gasteiger charge is 2.10. The molecule has 2 aromatic carbocycles. The van der Waals surface area contributed by atoms with E-state index in [4.69, 9.17) is 11.6 Å². The standard InChI is InChI=1S/C14H12ClFN2O3/c15-10-5-11(16)7-12(6-10)17-8-14(19)9-1-3-13(4-2-9)18(20)21/h1-7,14,17,19H,8H2. The average molecular weight is 311 g/mol. The van der Waals surface area contributed by atoms with Crippen molar-refractivity contribution in [3.8, 4) is 0 Å². The van der Waals surface area contributed by atoms with Crippen LogP contribution < -0.4 is 5.32 Å². The maximum absolute atomic E-state index is 13.1. The molecule has 0 bridgehead atoms. The van der Waals surface area contributed by atoms with Crippen molar-refractivity contribution in [3.63, 3.8) is 0 Å². The largest absolute Gasteiger partial charge is 0.387 e. The lowest BCUT2D eigenvalue weighted by atomic mass is 10.1. The molecule has 0 spiro atoms. The van der Waals surface area contributed by atoms with Crippen molar-refractivity contribution >= 4 is 23.0 Å². The molecule has 0 aliphatic heterocycles. The van der Waals surface area contributed by atoms with Crippen LogP contribution in [0.4, 0.5) is 15.8 Å². The summed E-state index contributed by atoms with van der Waals surface area (Å²) in [5, 5.41) is 23.6. The highest BCUT2D eigenvalue weighted by atomic mass is 35.5. The summed E-state index contributed by atoms with van der Waals surface area (Å²) >= 11 is 5.72. The van der Waals surface area contributed by atoms with Gasteiger partial charge in [0.05, 0.1) is 11.0 Å². The topological polar surface area (TPSA) is 75.4 Å². The van der Waals surface area contributed by atoms with Gasteiger partial charge in [0.1, 0.15) is 5.82 Å². The second kappa shape index (κ2) is 6.51. The molecule has 2 rings (SSSR count). The van der Waals surface area contributed by atoms with Crippen molar-refractivity contribution in [2.24, 2.45) is 0 Å². The number of hydrogen-bond donors (Lipinski definition) is 2. The number of hydrogen-bond acceptors (Lipinski definition) is 4. The number of non-ortho nitro benzene ring substituents is 1. The molecular weight excluding hydrogens is 299 g/mol. The minimum Gasteiger partial charge on any atom is -0.387 e. The Balaban J connectivity index is 2.00. The Labute approximate surface area is 125 Å². The molecule has 21 heavy (non-hydrogen) atoms. The van der Waals surface area contributed by atoms with E-state index < -0.39 is 16.8 Å². The predicted octanol–water partition coefficient (Wildman–Crippen LogP) is 3.53. The Morgan fingerprint density at radius 1 is 1.29 bits per heavy atom. The zero-order valence-electron chi connectivity index (χ0n) is 10.8. The molecule has 0 saturated heterocycles. The number of halogens is 2. The minimum absolute atomic E-state index is 0.0455. The molecule has 0 aliphatic rings. The monoisotopic (exact) mass is 310 g/mol. The number of rotatable bonds is 5. The molecule has 0 radical (unpaired) electrons. The molecule has 7 heteroatoms. The van der Waals surface area contributed by atoms with E-state index in [2.05, 4.69) is 5.32 Å². The summed E-state index contributed by atoms with van der Waals surface area (Å²) in [6, 6.07) is 9.56. The van der Waals surface area contributed by atoms with Gasteiger partial charge in [0.2, 0.25) is 0 Å². The summed E-state index contributed by atoms with van der Waals surface area (Å²) in [5.74, 6) is -0.477. The van der Waals surface area contributed by atoms with Crippen molar-refractivity contribution in [2.75, 3.05) is 11.9 Å². The third-order valence-corrected chi connectivity index (χ3v) is 3.07. The minimum atomic E-state index is -0.882. The fraction of sp³-hybridized carbons (Fsp3) is 0.143. The molecule has 0 aliphatic carbocycles. The fourth-order valence-corrected chi connectivity index (χ4v) is 2.03. The molecule has 1 atom stereocenters. The second-order valence-corrected chi connectivity index (χ2v) is 4.84. The van der Waals surface area contributed by atoms with Gasteiger partial charge in [-0.3, -0.25) is 10.1 Å². The Morgan fingerprint density at radius 2 is 1.95 bits per heavy atom. The lowest BCUT2D eigenvalue weighted by molar-refractivity contribution is -0.384. The summed E-state index contributed by atoms with van der Waals surface area (Å²) in [6.45, 7) is 0.123. The number of nitro benzene ring substituents is 1. The van der Waals surface area contributed by atoms with Crippen LogP contribution in [0.1, 0.15) is 11.7 Å². The van der Waals surface area contributed by atoms with Gasteiger partial charge in [0.15, 0.2) is 0 Å². The molecular formula is C14H12ClFN2O3. The molecule has 1 unspecified atom stereocenters. The molecule has 0 amide bonds. The van der Waals surface area contributed by atoms with Crippen LogP contribution in [-0.4, -0.2) is 16.6 Å². The van der Waals surface area contributed by atoms with E-state index in [1.807, 2.05) is 0 Å². The van der Waals surface area contributed by atoms with Gasteiger partial charge in [-0.2, -0.15) is 0 Å². The van der Waals surface area contributed by atoms with Crippen LogP contribution in [0.2, 0.25) is 5.02 Å². The van der Waals surface area contributed by atoms with E-state index in [-0.39, 0.29) is 17.3 Å². The zero-order chi connectivity index (χ0) is 15.4. The molecule has 0 fully saturated rings. The molecule has 0 heterocycles. The van der Waals surface area contributed by atoms with Crippen LogP contribution in [0.5, 0.6) is 0 Å². The third kappa shape index (κ3) is 4.14. The molecule has 2 aromatic rings. The number of nitro groups is 1. The number of aliphatic hydroxyl groups excluding tert-OH is 1. The first kappa shape index (κ1) is 15.2. The van der Waals surface area contributed by atoms with Gasteiger partial charge in [-0.25, -0.2) is 4.39 Å². The molecule has 0 aromatic heterocycles. The van der Waals surface area contributed by atoms with E-state index in [1.54, 1.807) is 0 Å². The lowest BCUT2D eigenvalue weighted by Gasteiger charge is -2.13. The number of benzene rings is 2. The van der Waals surface area contributed by atoms with E-state index >= 15 is 0 Å². The quantitative estimate of drug-likeness (QED) is 0.654. The molecule has 110 valence electrons. The van der Waals surface area contributed by atoms with Crippen molar-refractivity contribution in [1.29, 1.82) is 0 Å². The second-order valence-electron chi connectivity index (χ2n) is 4.40. The van der Waals surface area contributed by atoms with Crippen LogP contribution in [0.3, 0.4) is 0 Å². The lowest BCUT2D eigenvalue weighted by Crippen LogP contribution is -2.12. The summed E-state index contributed by atoms with van der Waals surface area (Å²) < 4.78 is 13.1. The molecule has 5 nitrogen and oxygen atoms in total. The van der Waals surface area contributed by atoms with Crippen LogP contribution >= 0.6 is 11.6 Å². The number of nitrogens with zero attached hydrogens (tertiary/aromatic N) is 1. The normalized spacial score (nSPS) is 12.0. The van der Waals surface area contributed by atoms with Crippen LogP contribution in [-0.2, 0) is 0 Å². The SMILES string of the molecule is O=[N+]([O-])c1ccc(C(O)CNc2cc(F)cc(Cl)c2)cc1. The summed E-state index contributed by atoms with van der Waals surface area (Å²) in [4.78, 5) is 10.0. The van der Waals surface area contributed by atoms with Crippen molar-refractivity contribution in [3.05, 3.63) is 69.0 Å². The van der Waals surface area contributed by atoms with Crippen molar-refractivity contribution in [1.82, 2.24) is 0 Å². The van der Waals surface area contributed by atoms with E-state index in [0.29, 0.717) is 11.3 Å². The van der Waals surface area contributed by atoms with Crippen LogP contribution in [0.25, 0.3) is 0 Å². The van der Waals surface area contributed by atoms with E-state index in [1.165, 1.54) is 42.5 Å². The van der Waals surface area contributed by atoms with Gasteiger partial charge in [0, 0.05) is 29.4 Å². The Hall–Kier alpha value is -2.18. The maximum Gasteiger partial charge on any atom is 0.269 e. The van der Waals surface area contributed by atoms with Crippen molar-refractivity contribution in [2.45, 2.75) is 6.10 Å². The summed E-state index contributed by atoms with van der Waals surface area (Å²) in [5.41, 5.74) is 0.924. The van der Waals surface area contributed by atoms with E-state index in [9.17, 15) is 19.6 Å². The van der Waals surface area contributed by atoms with Gasteiger partial charge in [-0.1, -0.05) is 11.6 Å². The first-order valence-electron chi connectivity index (χ1n) is 6.08. The Kier molecular flexibility index (Phi) is 4.72. The highest BCUT2D eigenvalue weighted by Crippen LogP contribution is 2.21. The third-order valence-electron chi connectivity index (χ3n) is 2.85. The summed E-state index contributed by atoms with van der Waals surface area (Å²) in [6.07, 6.45) is -0.882. The first-order chi connectivity index (χ1) is 9.95. The van der Waals surface area contributed by atoms with Gasteiger partial charge in [0.25, 0.3) is 5.69 Å². The van der Waals surface area contributed by atoms with Gasteiger partial charge < -0.3 is 10.4 Å². The van der Waals surface area contributed by atoms with Crippen molar-refractivity contribution < 1.29 is 14.4 Å². The zero-order valence-corrected chi connectivity index (χ0v) is 11.5. The smallest absolute Gasteiger partial charge is 0.269 e.